The Bertz CT molecular complexity index is 366. The van der Waals surface area contributed by atoms with Gasteiger partial charge in [-0.1, -0.05) is 0 Å². The fourth-order valence-corrected chi connectivity index (χ4v) is 3.14. The van der Waals surface area contributed by atoms with Crippen LogP contribution in [-0.2, 0) is 0 Å². The fraction of sp³-hybridized carbons (Fsp3) is 0.500. The topological polar surface area (TPSA) is 30.0 Å². The van der Waals surface area contributed by atoms with E-state index in [4.69, 9.17) is 0 Å². The van der Waals surface area contributed by atoms with Crippen molar-refractivity contribution in [3.05, 3.63) is 29.6 Å². The average molecular weight is 221 g/mol. The number of aryl methyl sites for hydroxylation is 1. The van der Waals surface area contributed by atoms with E-state index in [9.17, 15) is 4.79 Å². The Kier molecular flexibility index (Phi) is 2.83. The Balaban J connectivity index is 2.24. The van der Waals surface area contributed by atoms with E-state index in [-0.39, 0.29) is 10.5 Å². The van der Waals surface area contributed by atoms with Gasteiger partial charge in [-0.3, -0.25) is 9.78 Å². The number of aromatic nitrogens is 1. The summed E-state index contributed by atoms with van der Waals surface area (Å²) in [5.74, 6) is 1.33. The van der Waals surface area contributed by atoms with Gasteiger partial charge in [-0.25, -0.2) is 0 Å². The smallest absolute Gasteiger partial charge is 0.180 e. The predicted molar refractivity (Wildman–Crippen MR) is 63.4 cm³/mol. The number of carbonyl (C=O) groups excluding carboxylic acids is 1. The van der Waals surface area contributed by atoms with Crippen LogP contribution in [0.25, 0.3) is 0 Å². The van der Waals surface area contributed by atoms with Crippen LogP contribution in [0.2, 0.25) is 0 Å². The first-order valence-corrected chi connectivity index (χ1v) is 6.22. The molecular formula is C12H15NOS. The molecule has 1 aromatic heterocycles. The highest BCUT2D eigenvalue weighted by atomic mass is 32.2. The summed E-state index contributed by atoms with van der Waals surface area (Å²) in [6.07, 6.45) is 3.83. The molecule has 3 heteroatoms. The molecule has 1 saturated heterocycles. The van der Waals surface area contributed by atoms with Crippen molar-refractivity contribution in [2.45, 2.75) is 31.4 Å². The lowest BCUT2D eigenvalue weighted by atomic mass is 9.95. The lowest BCUT2D eigenvalue weighted by molar-refractivity contribution is 0.0948. The highest BCUT2D eigenvalue weighted by Gasteiger charge is 2.37. The van der Waals surface area contributed by atoms with E-state index in [0.29, 0.717) is 0 Å². The van der Waals surface area contributed by atoms with Crippen molar-refractivity contribution in [2.75, 3.05) is 5.75 Å². The number of Topliss-reactive ketones (excluding diaryl/α,β-unsaturated/α-hetero) is 1. The van der Waals surface area contributed by atoms with Crippen LogP contribution >= 0.6 is 11.8 Å². The van der Waals surface area contributed by atoms with E-state index < -0.39 is 0 Å². The third-order valence-electron chi connectivity index (χ3n) is 2.87. The SMILES string of the molecule is Cc1ccc(C(=O)C2(C)CCCS2)cn1. The Labute approximate surface area is 94.5 Å². The summed E-state index contributed by atoms with van der Waals surface area (Å²) >= 11 is 1.77. The number of carbonyl (C=O) groups is 1. The summed E-state index contributed by atoms with van der Waals surface area (Å²) in [6, 6.07) is 3.78. The summed E-state index contributed by atoms with van der Waals surface area (Å²) < 4.78 is -0.211. The van der Waals surface area contributed by atoms with Crippen molar-refractivity contribution in [3.63, 3.8) is 0 Å². The molecule has 1 aliphatic rings. The molecule has 0 saturated carbocycles. The van der Waals surface area contributed by atoms with Gasteiger partial charge in [-0.15, -0.1) is 11.8 Å². The largest absolute Gasteiger partial charge is 0.293 e. The van der Waals surface area contributed by atoms with Gasteiger partial charge in [0.15, 0.2) is 5.78 Å². The first-order chi connectivity index (χ1) is 7.12. The normalized spacial score (nSPS) is 25.5. The summed E-state index contributed by atoms with van der Waals surface area (Å²) in [7, 11) is 0. The lowest BCUT2D eigenvalue weighted by Gasteiger charge is -2.20. The molecule has 0 radical (unpaired) electrons. The van der Waals surface area contributed by atoms with Gasteiger partial charge in [0.2, 0.25) is 0 Å². The third-order valence-corrected chi connectivity index (χ3v) is 4.39. The van der Waals surface area contributed by atoms with E-state index in [1.807, 2.05) is 26.0 Å². The van der Waals surface area contributed by atoms with Gasteiger partial charge >= 0.3 is 0 Å². The van der Waals surface area contributed by atoms with Crippen LogP contribution in [-0.4, -0.2) is 21.3 Å². The van der Waals surface area contributed by atoms with Crippen LogP contribution in [0.1, 0.15) is 35.8 Å². The number of rotatable bonds is 2. The fourth-order valence-electron chi connectivity index (χ4n) is 1.87. The second-order valence-corrected chi connectivity index (χ2v) is 5.80. The number of ketones is 1. The van der Waals surface area contributed by atoms with Gasteiger partial charge in [-0.2, -0.15) is 0 Å². The van der Waals surface area contributed by atoms with Crippen LogP contribution in [0.5, 0.6) is 0 Å². The molecular weight excluding hydrogens is 206 g/mol. The molecule has 80 valence electrons. The molecule has 1 aromatic rings. The first-order valence-electron chi connectivity index (χ1n) is 5.23. The zero-order chi connectivity index (χ0) is 10.9. The Morgan fingerprint density at radius 3 is 2.87 bits per heavy atom. The summed E-state index contributed by atoms with van der Waals surface area (Å²) in [4.78, 5) is 16.4. The number of hydrogen-bond acceptors (Lipinski definition) is 3. The van der Waals surface area contributed by atoms with Crippen molar-refractivity contribution < 1.29 is 4.79 Å². The summed E-state index contributed by atoms with van der Waals surface area (Å²) in [5, 5.41) is 0. The maximum absolute atomic E-state index is 12.2. The lowest BCUT2D eigenvalue weighted by Crippen LogP contribution is -2.28. The number of pyridine rings is 1. The maximum atomic E-state index is 12.2. The molecule has 0 aliphatic carbocycles. The van der Waals surface area contributed by atoms with Crippen LogP contribution in [0.4, 0.5) is 0 Å². The molecule has 0 bridgehead atoms. The zero-order valence-corrected chi connectivity index (χ0v) is 9.93. The third kappa shape index (κ3) is 2.07. The second kappa shape index (κ2) is 3.97. The molecule has 0 aromatic carbocycles. The van der Waals surface area contributed by atoms with Crippen LogP contribution in [0.3, 0.4) is 0 Å². The highest BCUT2D eigenvalue weighted by Crippen LogP contribution is 2.40. The second-order valence-electron chi connectivity index (χ2n) is 4.20. The monoisotopic (exact) mass is 221 g/mol. The molecule has 1 unspecified atom stereocenters. The summed E-state index contributed by atoms with van der Waals surface area (Å²) in [6.45, 7) is 3.98. The van der Waals surface area contributed by atoms with Gasteiger partial charge in [0.25, 0.3) is 0 Å². The molecule has 0 spiro atoms. The Morgan fingerprint density at radius 1 is 1.53 bits per heavy atom. The van der Waals surface area contributed by atoms with Crippen LogP contribution < -0.4 is 0 Å². The van der Waals surface area contributed by atoms with Crippen molar-refractivity contribution in [1.82, 2.24) is 4.98 Å². The quantitative estimate of drug-likeness (QED) is 0.719. The number of thioether (sulfide) groups is 1. The first kappa shape index (κ1) is 10.7. The zero-order valence-electron chi connectivity index (χ0n) is 9.12. The van der Waals surface area contributed by atoms with E-state index in [0.717, 1.165) is 29.9 Å². The predicted octanol–water partition coefficient (Wildman–Crippen LogP) is 2.86. The molecule has 2 rings (SSSR count). The minimum atomic E-state index is -0.211. The Hall–Kier alpha value is -0.830. The van der Waals surface area contributed by atoms with Crippen molar-refractivity contribution in [2.24, 2.45) is 0 Å². The summed E-state index contributed by atoms with van der Waals surface area (Å²) in [5.41, 5.74) is 1.70. The van der Waals surface area contributed by atoms with Gasteiger partial charge < -0.3 is 0 Å². The van der Waals surface area contributed by atoms with Crippen molar-refractivity contribution >= 4 is 17.5 Å². The molecule has 2 nitrogen and oxygen atoms in total. The maximum Gasteiger partial charge on any atom is 0.180 e. The minimum Gasteiger partial charge on any atom is -0.293 e. The molecule has 0 amide bonds. The van der Waals surface area contributed by atoms with Gasteiger partial charge in [0.05, 0.1) is 4.75 Å². The standard InChI is InChI=1S/C12H15NOS/c1-9-4-5-10(8-13-9)11(14)12(2)6-3-7-15-12/h4-5,8H,3,6-7H2,1-2H3. The Morgan fingerprint density at radius 2 is 2.33 bits per heavy atom. The van der Waals surface area contributed by atoms with Crippen molar-refractivity contribution in [3.8, 4) is 0 Å². The highest BCUT2D eigenvalue weighted by molar-refractivity contribution is 8.01. The molecule has 0 N–H and O–H groups in total. The van der Waals surface area contributed by atoms with Gasteiger partial charge in [0, 0.05) is 17.5 Å². The minimum absolute atomic E-state index is 0.211. The van der Waals surface area contributed by atoms with Crippen LogP contribution in [0.15, 0.2) is 18.3 Å². The number of hydrogen-bond donors (Lipinski definition) is 0. The molecule has 1 fully saturated rings. The van der Waals surface area contributed by atoms with E-state index in [1.54, 1.807) is 18.0 Å². The molecule has 2 heterocycles. The number of nitrogens with zero attached hydrogens (tertiary/aromatic N) is 1. The molecule has 1 aliphatic heterocycles. The van der Waals surface area contributed by atoms with Gasteiger partial charge in [0.1, 0.15) is 0 Å². The van der Waals surface area contributed by atoms with Crippen LogP contribution in [0, 0.1) is 6.92 Å². The van der Waals surface area contributed by atoms with E-state index in [1.165, 1.54) is 0 Å². The van der Waals surface area contributed by atoms with E-state index in [2.05, 4.69) is 4.98 Å². The molecule has 1 atom stereocenters. The van der Waals surface area contributed by atoms with Gasteiger partial charge in [-0.05, 0) is 44.6 Å². The van der Waals surface area contributed by atoms with E-state index >= 15 is 0 Å². The van der Waals surface area contributed by atoms with Crippen molar-refractivity contribution in [1.29, 1.82) is 0 Å². The molecule has 15 heavy (non-hydrogen) atoms. The average Bonchev–Trinajstić information content (AvgIpc) is 2.67.